The fourth-order valence-electron chi connectivity index (χ4n) is 2.02. The molecule has 0 fully saturated rings. The van der Waals surface area contributed by atoms with Crippen LogP contribution in [0.2, 0.25) is 0 Å². The van der Waals surface area contributed by atoms with Gasteiger partial charge in [0.05, 0.1) is 7.11 Å². The van der Waals surface area contributed by atoms with Crippen molar-refractivity contribution in [2.45, 2.75) is 19.0 Å². The Kier molecular flexibility index (Phi) is 4.69. The van der Waals surface area contributed by atoms with E-state index in [-0.39, 0.29) is 5.56 Å². The molecule has 3 nitrogen and oxygen atoms in total. The summed E-state index contributed by atoms with van der Waals surface area (Å²) in [5.41, 5.74) is -1.15. The molecule has 2 aromatic rings. The van der Waals surface area contributed by atoms with Gasteiger partial charge in [-0.15, -0.1) is 11.3 Å². The lowest BCUT2D eigenvalue weighted by Gasteiger charge is -2.28. The van der Waals surface area contributed by atoms with E-state index in [1.807, 2.05) is 17.5 Å². The zero-order chi connectivity index (χ0) is 15.5. The molecule has 0 radical (unpaired) electrons. The molecule has 6 heteroatoms. The van der Waals surface area contributed by atoms with Gasteiger partial charge < -0.3 is 4.74 Å². The molecule has 0 aliphatic heterocycles. The van der Waals surface area contributed by atoms with Crippen molar-refractivity contribution in [1.82, 2.24) is 5.32 Å². The predicted molar refractivity (Wildman–Crippen MR) is 76.9 cm³/mol. The normalized spacial score (nSPS) is 13.7. The third-order valence-corrected chi connectivity index (χ3v) is 4.11. The van der Waals surface area contributed by atoms with Crippen LogP contribution in [0, 0.1) is 11.6 Å². The molecule has 1 unspecified atom stereocenters. The predicted octanol–water partition coefficient (Wildman–Crippen LogP) is 3.20. The van der Waals surface area contributed by atoms with Gasteiger partial charge in [-0.25, -0.2) is 13.6 Å². The first-order valence-electron chi connectivity index (χ1n) is 6.28. The minimum absolute atomic E-state index is 0.184. The molecule has 2 rings (SSSR count). The highest BCUT2D eigenvalue weighted by Crippen LogP contribution is 2.25. The van der Waals surface area contributed by atoms with Gasteiger partial charge in [-0.1, -0.05) is 6.07 Å². The smallest absolute Gasteiger partial charge is 0.330 e. The maximum Gasteiger partial charge on any atom is 0.330 e. The van der Waals surface area contributed by atoms with E-state index >= 15 is 0 Å². The lowest BCUT2D eigenvalue weighted by atomic mass is 9.91. The van der Waals surface area contributed by atoms with E-state index in [2.05, 4.69) is 5.32 Å². The Balaban J connectivity index is 2.33. The SMILES string of the molecule is COC(=O)C(C)(NCc1cccs1)c1cc(F)cc(F)c1. The van der Waals surface area contributed by atoms with Crippen LogP contribution in [0.3, 0.4) is 0 Å². The van der Waals surface area contributed by atoms with Crippen molar-refractivity contribution in [3.63, 3.8) is 0 Å². The van der Waals surface area contributed by atoms with Crippen molar-refractivity contribution in [2.24, 2.45) is 0 Å². The summed E-state index contributed by atoms with van der Waals surface area (Å²) >= 11 is 1.52. The largest absolute Gasteiger partial charge is 0.467 e. The molecular weight excluding hydrogens is 296 g/mol. The highest BCUT2D eigenvalue weighted by molar-refractivity contribution is 7.09. The number of hydrogen-bond donors (Lipinski definition) is 1. The molecule has 1 heterocycles. The van der Waals surface area contributed by atoms with Crippen LogP contribution in [0.25, 0.3) is 0 Å². The van der Waals surface area contributed by atoms with Crippen molar-refractivity contribution < 1.29 is 18.3 Å². The fourth-order valence-corrected chi connectivity index (χ4v) is 2.66. The molecule has 0 amide bonds. The number of carbonyl (C=O) groups excluding carboxylic acids is 1. The van der Waals surface area contributed by atoms with Crippen LogP contribution in [0.15, 0.2) is 35.7 Å². The van der Waals surface area contributed by atoms with E-state index in [1.54, 1.807) is 6.92 Å². The molecule has 0 saturated heterocycles. The number of esters is 1. The number of hydrogen-bond acceptors (Lipinski definition) is 4. The number of benzene rings is 1. The van der Waals surface area contributed by atoms with E-state index < -0.39 is 23.1 Å². The Hall–Kier alpha value is -1.79. The molecule has 1 atom stereocenters. The summed E-state index contributed by atoms with van der Waals surface area (Å²) in [5, 5.41) is 4.93. The molecule has 1 aromatic carbocycles. The van der Waals surface area contributed by atoms with Crippen LogP contribution >= 0.6 is 11.3 Å². The van der Waals surface area contributed by atoms with Gasteiger partial charge in [0.25, 0.3) is 0 Å². The maximum absolute atomic E-state index is 13.4. The molecule has 21 heavy (non-hydrogen) atoms. The van der Waals surface area contributed by atoms with Crippen molar-refractivity contribution in [3.8, 4) is 0 Å². The van der Waals surface area contributed by atoms with E-state index in [0.717, 1.165) is 23.1 Å². The van der Waals surface area contributed by atoms with E-state index in [1.165, 1.54) is 18.4 Å². The van der Waals surface area contributed by atoms with Crippen molar-refractivity contribution in [3.05, 3.63) is 57.8 Å². The van der Waals surface area contributed by atoms with Gasteiger partial charge in [-0.05, 0) is 36.1 Å². The number of methoxy groups -OCH3 is 1. The van der Waals surface area contributed by atoms with Gasteiger partial charge in [0, 0.05) is 17.5 Å². The summed E-state index contributed by atoms with van der Waals surface area (Å²) in [6, 6.07) is 6.81. The summed E-state index contributed by atoms with van der Waals surface area (Å²) in [6.45, 7) is 1.93. The highest BCUT2D eigenvalue weighted by atomic mass is 32.1. The second-order valence-corrected chi connectivity index (χ2v) is 5.74. The van der Waals surface area contributed by atoms with Crippen LogP contribution in [0.1, 0.15) is 17.4 Å². The van der Waals surface area contributed by atoms with Crippen LogP contribution in [0.5, 0.6) is 0 Å². The third-order valence-electron chi connectivity index (χ3n) is 3.23. The fraction of sp³-hybridized carbons (Fsp3) is 0.267. The molecule has 0 aliphatic carbocycles. The number of carbonyl (C=O) groups is 1. The van der Waals surface area contributed by atoms with Gasteiger partial charge in [0.15, 0.2) is 0 Å². The Bertz CT molecular complexity index is 610. The molecule has 1 aromatic heterocycles. The quantitative estimate of drug-likeness (QED) is 0.862. The number of nitrogens with one attached hydrogen (secondary N) is 1. The van der Waals surface area contributed by atoms with E-state index in [0.29, 0.717) is 6.54 Å². The van der Waals surface area contributed by atoms with Gasteiger partial charge in [0.2, 0.25) is 0 Å². The van der Waals surface area contributed by atoms with Crippen molar-refractivity contribution in [2.75, 3.05) is 7.11 Å². The number of thiophene rings is 1. The van der Waals surface area contributed by atoms with E-state index in [9.17, 15) is 13.6 Å². The zero-order valence-electron chi connectivity index (χ0n) is 11.7. The number of rotatable bonds is 5. The molecule has 0 spiro atoms. The first kappa shape index (κ1) is 15.6. The van der Waals surface area contributed by atoms with Gasteiger partial charge in [-0.3, -0.25) is 5.32 Å². The van der Waals surface area contributed by atoms with Crippen molar-refractivity contribution in [1.29, 1.82) is 0 Å². The Morgan fingerprint density at radius 3 is 2.52 bits per heavy atom. The summed E-state index contributed by atoms with van der Waals surface area (Å²) in [6.07, 6.45) is 0. The standard InChI is InChI=1S/C15H15F2NO2S/c1-15(14(19)20-2,18-9-13-4-3-5-21-13)10-6-11(16)8-12(17)7-10/h3-8,18H,9H2,1-2H3. The van der Waals surface area contributed by atoms with Gasteiger partial charge in [-0.2, -0.15) is 0 Å². The highest BCUT2D eigenvalue weighted by Gasteiger charge is 2.36. The summed E-state index contributed by atoms with van der Waals surface area (Å²) in [4.78, 5) is 13.1. The lowest BCUT2D eigenvalue weighted by molar-refractivity contribution is -0.148. The first-order valence-corrected chi connectivity index (χ1v) is 7.16. The maximum atomic E-state index is 13.4. The topological polar surface area (TPSA) is 38.3 Å². The summed E-state index contributed by atoms with van der Waals surface area (Å²) in [7, 11) is 1.24. The Morgan fingerprint density at radius 2 is 2.00 bits per heavy atom. The van der Waals surface area contributed by atoms with E-state index in [4.69, 9.17) is 4.74 Å². The molecular formula is C15H15F2NO2S. The monoisotopic (exact) mass is 311 g/mol. The van der Waals surface area contributed by atoms with Crippen LogP contribution < -0.4 is 5.32 Å². The van der Waals surface area contributed by atoms with Crippen LogP contribution in [-0.2, 0) is 21.6 Å². The first-order chi connectivity index (χ1) is 9.95. The second kappa shape index (κ2) is 6.32. The van der Waals surface area contributed by atoms with Crippen LogP contribution in [-0.4, -0.2) is 13.1 Å². The average Bonchev–Trinajstić information content (AvgIpc) is 2.96. The minimum atomic E-state index is -1.33. The average molecular weight is 311 g/mol. The molecule has 0 saturated carbocycles. The van der Waals surface area contributed by atoms with Crippen molar-refractivity contribution >= 4 is 17.3 Å². The number of ether oxygens (including phenoxy) is 1. The minimum Gasteiger partial charge on any atom is -0.467 e. The number of halogens is 2. The molecule has 112 valence electrons. The molecule has 1 N–H and O–H groups in total. The third kappa shape index (κ3) is 3.46. The molecule has 0 bridgehead atoms. The zero-order valence-corrected chi connectivity index (χ0v) is 12.5. The summed E-state index contributed by atoms with van der Waals surface area (Å²) < 4.78 is 31.6. The van der Waals surface area contributed by atoms with Crippen LogP contribution in [0.4, 0.5) is 8.78 Å². The van der Waals surface area contributed by atoms with Gasteiger partial charge in [0.1, 0.15) is 17.2 Å². The lowest BCUT2D eigenvalue weighted by Crippen LogP contribution is -2.47. The summed E-state index contributed by atoms with van der Waals surface area (Å²) in [5.74, 6) is -2.08. The molecule has 0 aliphatic rings. The second-order valence-electron chi connectivity index (χ2n) is 4.71. The Morgan fingerprint density at radius 1 is 1.33 bits per heavy atom. The Labute approximate surface area is 125 Å². The van der Waals surface area contributed by atoms with Gasteiger partial charge >= 0.3 is 5.97 Å².